The number of anilines is 1. The van der Waals surface area contributed by atoms with E-state index in [9.17, 15) is 4.79 Å². The van der Waals surface area contributed by atoms with Gasteiger partial charge in [-0.2, -0.15) is 0 Å². The third-order valence-corrected chi connectivity index (χ3v) is 4.95. The highest BCUT2D eigenvalue weighted by Crippen LogP contribution is 2.26. The van der Waals surface area contributed by atoms with Gasteiger partial charge >= 0.3 is 0 Å². The minimum Gasteiger partial charge on any atom is -0.362 e. The molecule has 0 saturated carbocycles. The van der Waals surface area contributed by atoms with Crippen molar-refractivity contribution in [2.45, 2.75) is 27.7 Å². The number of nitrogens with one attached hydrogen (secondary N) is 2. The van der Waals surface area contributed by atoms with E-state index in [1.165, 1.54) is 0 Å². The summed E-state index contributed by atoms with van der Waals surface area (Å²) in [6.07, 6.45) is 1.82. The van der Waals surface area contributed by atoms with Crippen molar-refractivity contribution in [3.05, 3.63) is 58.1 Å². The highest BCUT2D eigenvalue weighted by atomic mass is 32.1. The van der Waals surface area contributed by atoms with E-state index in [-0.39, 0.29) is 5.56 Å². The van der Waals surface area contributed by atoms with E-state index in [1.807, 2.05) is 50.4 Å². The summed E-state index contributed by atoms with van der Waals surface area (Å²) in [5.74, 6) is 0.506. The molecule has 0 amide bonds. The molecule has 28 heavy (non-hydrogen) atoms. The Bertz CT molecular complexity index is 1100. The Morgan fingerprint density at radius 2 is 1.93 bits per heavy atom. The average Bonchev–Trinajstić information content (AvgIpc) is 2.65. The van der Waals surface area contributed by atoms with Crippen LogP contribution in [0.3, 0.4) is 0 Å². The number of hydrogen-bond donors (Lipinski definition) is 2. The molecule has 6 heteroatoms. The van der Waals surface area contributed by atoms with Gasteiger partial charge in [-0.05, 0) is 67.4 Å². The molecule has 146 valence electrons. The summed E-state index contributed by atoms with van der Waals surface area (Å²) in [5, 5.41) is 7.93. The van der Waals surface area contributed by atoms with Crippen LogP contribution in [0.4, 0.5) is 5.69 Å². The predicted octanol–water partition coefficient (Wildman–Crippen LogP) is 4.16. The molecule has 0 fully saturated rings. The van der Waals surface area contributed by atoms with E-state index in [0.29, 0.717) is 16.6 Å². The zero-order chi connectivity index (χ0) is 20.4. The van der Waals surface area contributed by atoms with Crippen molar-refractivity contribution >= 4 is 33.9 Å². The minimum atomic E-state index is -0.0288. The first-order chi connectivity index (χ1) is 13.3. The lowest BCUT2D eigenvalue weighted by Crippen LogP contribution is -2.31. The smallest absolute Gasteiger partial charge is 0.258 e. The van der Waals surface area contributed by atoms with Crippen molar-refractivity contribution in [3.63, 3.8) is 0 Å². The van der Waals surface area contributed by atoms with Crippen molar-refractivity contribution < 1.29 is 0 Å². The van der Waals surface area contributed by atoms with E-state index in [4.69, 9.17) is 12.2 Å². The number of nitrogens with zero attached hydrogens (tertiary/aromatic N) is 2. The van der Waals surface area contributed by atoms with Gasteiger partial charge in [-0.1, -0.05) is 19.9 Å². The molecule has 0 aliphatic carbocycles. The second-order valence-corrected chi connectivity index (χ2v) is 7.97. The second kappa shape index (κ2) is 8.10. The Hall–Kier alpha value is -2.73. The first-order valence-corrected chi connectivity index (χ1v) is 9.79. The molecule has 0 radical (unpaired) electrons. The standard InChI is InChI=1S/C22H26N4OS/c1-13(2)11-24-22(28)25-17-7-6-14(3)18(10-17)19-9-16-12-23-15(4)8-20(16)26(5)21(19)27/h6-10,12-13H,11H2,1-5H3,(H2,24,25,28). The third kappa shape index (κ3) is 4.22. The lowest BCUT2D eigenvalue weighted by molar-refractivity contribution is 0.627. The summed E-state index contributed by atoms with van der Waals surface area (Å²) in [4.78, 5) is 17.4. The van der Waals surface area contributed by atoms with E-state index < -0.39 is 0 Å². The molecule has 2 N–H and O–H groups in total. The fourth-order valence-electron chi connectivity index (χ4n) is 3.12. The first kappa shape index (κ1) is 20.0. The Labute approximate surface area is 170 Å². The fraction of sp³-hybridized carbons (Fsp3) is 0.318. The van der Waals surface area contributed by atoms with Crippen LogP contribution in [0.1, 0.15) is 25.1 Å². The predicted molar refractivity (Wildman–Crippen MR) is 121 cm³/mol. The zero-order valence-electron chi connectivity index (χ0n) is 17.0. The summed E-state index contributed by atoms with van der Waals surface area (Å²) in [5.41, 5.74) is 5.17. The van der Waals surface area contributed by atoms with Crippen LogP contribution in [0.25, 0.3) is 22.0 Å². The molecule has 0 atom stereocenters. The van der Waals surface area contributed by atoms with Crippen LogP contribution in [0, 0.1) is 19.8 Å². The van der Waals surface area contributed by atoms with Gasteiger partial charge in [-0.15, -0.1) is 0 Å². The Morgan fingerprint density at radius 3 is 2.64 bits per heavy atom. The molecule has 3 rings (SSSR count). The van der Waals surface area contributed by atoms with Crippen LogP contribution in [0.5, 0.6) is 0 Å². The van der Waals surface area contributed by atoms with E-state index in [0.717, 1.165) is 40.0 Å². The lowest BCUT2D eigenvalue weighted by atomic mass is 9.99. The molecule has 0 saturated heterocycles. The number of aromatic nitrogens is 2. The number of fused-ring (bicyclic) bond motifs is 1. The molecular weight excluding hydrogens is 368 g/mol. The fourth-order valence-corrected chi connectivity index (χ4v) is 3.32. The minimum absolute atomic E-state index is 0.0288. The number of rotatable bonds is 4. The lowest BCUT2D eigenvalue weighted by Gasteiger charge is -2.15. The Balaban J connectivity index is 2.02. The summed E-state index contributed by atoms with van der Waals surface area (Å²) < 4.78 is 1.69. The number of benzene rings is 1. The molecule has 2 heterocycles. The molecule has 2 aromatic heterocycles. The molecule has 0 aliphatic rings. The van der Waals surface area contributed by atoms with Crippen molar-refractivity contribution in [2.24, 2.45) is 13.0 Å². The summed E-state index contributed by atoms with van der Waals surface area (Å²) >= 11 is 5.37. The van der Waals surface area contributed by atoms with E-state index in [2.05, 4.69) is 29.5 Å². The Kier molecular flexibility index (Phi) is 5.79. The molecule has 1 aromatic carbocycles. The zero-order valence-corrected chi connectivity index (χ0v) is 17.8. The molecule has 3 aromatic rings. The molecule has 0 bridgehead atoms. The van der Waals surface area contributed by atoms with Gasteiger partial charge in [-0.3, -0.25) is 9.78 Å². The van der Waals surface area contributed by atoms with Gasteiger partial charge in [-0.25, -0.2) is 0 Å². The second-order valence-electron chi connectivity index (χ2n) is 7.57. The van der Waals surface area contributed by atoms with Crippen molar-refractivity contribution in [2.75, 3.05) is 11.9 Å². The van der Waals surface area contributed by atoms with Crippen LogP contribution >= 0.6 is 12.2 Å². The average molecular weight is 395 g/mol. The number of pyridine rings is 2. The molecule has 0 unspecified atom stereocenters. The topological polar surface area (TPSA) is 59.0 Å². The summed E-state index contributed by atoms with van der Waals surface area (Å²) in [6, 6.07) is 9.80. The number of aryl methyl sites for hydroxylation is 3. The van der Waals surface area contributed by atoms with Crippen LogP contribution in [0.15, 0.2) is 41.3 Å². The van der Waals surface area contributed by atoms with Gasteiger partial charge in [0.1, 0.15) is 0 Å². The van der Waals surface area contributed by atoms with Gasteiger partial charge in [0, 0.05) is 42.1 Å². The van der Waals surface area contributed by atoms with Gasteiger partial charge in [0.05, 0.1) is 5.52 Å². The highest BCUT2D eigenvalue weighted by Gasteiger charge is 2.13. The van der Waals surface area contributed by atoms with Crippen molar-refractivity contribution in [1.29, 1.82) is 0 Å². The van der Waals surface area contributed by atoms with Crippen LogP contribution in [0.2, 0.25) is 0 Å². The molecule has 0 spiro atoms. The van der Waals surface area contributed by atoms with Crippen LogP contribution < -0.4 is 16.2 Å². The highest BCUT2D eigenvalue weighted by molar-refractivity contribution is 7.80. The van der Waals surface area contributed by atoms with Crippen LogP contribution in [-0.2, 0) is 7.05 Å². The maximum atomic E-state index is 13.0. The summed E-state index contributed by atoms with van der Waals surface area (Å²) in [7, 11) is 1.80. The monoisotopic (exact) mass is 394 g/mol. The van der Waals surface area contributed by atoms with Gasteiger partial charge in [0.2, 0.25) is 0 Å². The quantitative estimate of drug-likeness (QED) is 0.651. The SMILES string of the molecule is Cc1cc2c(cn1)cc(-c1cc(NC(=S)NCC(C)C)ccc1C)c(=O)n2C. The largest absolute Gasteiger partial charge is 0.362 e. The molecule has 5 nitrogen and oxygen atoms in total. The van der Waals surface area contributed by atoms with Gasteiger partial charge < -0.3 is 15.2 Å². The number of hydrogen-bond acceptors (Lipinski definition) is 3. The molecule has 0 aliphatic heterocycles. The Morgan fingerprint density at radius 1 is 1.18 bits per heavy atom. The van der Waals surface area contributed by atoms with E-state index >= 15 is 0 Å². The van der Waals surface area contributed by atoms with Crippen molar-refractivity contribution in [3.8, 4) is 11.1 Å². The number of thiocarbonyl (C=S) groups is 1. The maximum absolute atomic E-state index is 13.0. The van der Waals surface area contributed by atoms with E-state index in [1.54, 1.807) is 11.6 Å². The maximum Gasteiger partial charge on any atom is 0.258 e. The van der Waals surface area contributed by atoms with Crippen LogP contribution in [-0.4, -0.2) is 21.2 Å². The first-order valence-electron chi connectivity index (χ1n) is 9.38. The summed E-state index contributed by atoms with van der Waals surface area (Å²) in [6.45, 7) is 9.00. The third-order valence-electron chi connectivity index (χ3n) is 4.70. The molecular formula is C22H26N4OS. The normalized spacial score (nSPS) is 11.1. The van der Waals surface area contributed by atoms with Gasteiger partial charge in [0.25, 0.3) is 5.56 Å². The van der Waals surface area contributed by atoms with Crippen molar-refractivity contribution in [1.82, 2.24) is 14.9 Å². The van der Waals surface area contributed by atoms with Gasteiger partial charge in [0.15, 0.2) is 5.11 Å².